The standard InChI is InChI=1S/C24H14F4N2O3S/c25-20-11-6-15(24(26,27)28)12-14(20)13-19-21(31)29-23(34)30(22(19)32)16-7-9-18(10-8-16)33-17-4-2-1-3-5-17/h1-13H,(H,29,31,34). The SMILES string of the molecule is O=C1NC(=S)N(c2ccc(Oc3ccccc3)cc2)C(=O)C1=Cc1cc(C(F)(F)F)ccc1F. The summed E-state index contributed by atoms with van der Waals surface area (Å²) < 4.78 is 58.9. The lowest BCUT2D eigenvalue weighted by atomic mass is 10.0. The van der Waals surface area contributed by atoms with Crippen LogP contribution in [0.15, 0.2) is 78.4 Å². The Morgan fingerprint density at radius 3 is 2.21 bits per heavy atom. The van der Waals surface area contributed by atoms with Gasteiger partial charge in [0.15, 0.2) is 5.11 Å². The number of halogens is 4. The summed E-state index contributed by atoms with van der Waals surface area (Å²) >= 11 is 5.11. The largest absolute Gasteiger partial charge is 0.457 e. The minimum Gasteiger partial charge on any atom is -0.457 e. The topological polar surface area (TPSA) is 58.6 Å². The number of carbonyl (C=O) groups is 2. The maximum absolute atomic E-state index is 14.2. The Balaban J connectivity index is 1.64. The van der Waals surface area contributed by atoms with Crippen LogP contribution in [-0.2, 0) is 15.8 Å². The summed E-state index contributed by atoms with van der Waals surface area (Å²) in [5.74, 6) is -1.82. The Kier molecular flexibility index (Phi) is 6.16. The van der Waals surface area contributed by atoms with Crippen LogP contribution in [0, 0.1) is 5.82 Å². The zero-order chi connectivity index (χ0) is 24.5. The van der Waals surface area contributed by atoms with Gasteiger partial charge in [0.2, 0.25) is 0 Å². The van der Waals surface area contributed by atoms with Crippen LogP contribution in [0.4, 0.5) is 23.2 Å². The number of rotatable bonds is 4. The number of benzene rings is 3. The summed E-state index contributed by atoms with van der Waals surface area (Å²) in [7, 11) is 0. The van der Waals surface area contributed by atoms with E-state index in [-0.39, 0.29) is 10.8 Å². The lowest BCUT2D eigenvalue weighted by molar-refractivity contribution is -0.137. The molecule has 3 aromatic rings. The van der Waals surface area contributed by atoms with Crippen molar-refractivity contribution in [2.75, 3.05) is 4.90 Å². The highest BCUT2D eigenvalue weighted by Crippen LogP contribution is 2.32. The van der Waals surface area contributed by atoms with Crippen LogP contribution in [0.25, 0.3) is 6.08 Å². The molecule has 0 bridgehead atoms. The number of hydrogen-bond acceptors (Lipinski definition) is 4. The minimum absolute atomic E-state index is 0.228. The van der Waals surface area contributed by atoms with Crippen molar-refractivity contribution in [1.29, 1.82) is 0 Å². The molecule has 0 aromatic heterocycles. The van der Waals surface area contributed by atoms with E-state index in [2.05, 4.69) is 5.32 Å². The van der Waals surface area contributed by atoms with Crippen molar-refractivity contribution in [2.24, 2.45) is 0 Å². The van der Waals surface area contributed by atoms with Crippen LogP contribution < -0.4 is 15.0 Å². The Labute approximate surface area is 196 Å². The highest BCUT2D eigenvalue weighted by atomic mass is 32.1. The maximum atomic E-state index is 14.2. The molecule has 3 aromatic carbocycles. The first kappa shape index (κ1) is 23.1. The molecule has 1 aliphatic rings. The van der Waals surface area contributed by atoms with E-state index in [1.165, 1.54) is 12.1 Å². The van der Waals surface area contributed by atoms with Crippen molar-refractivity contribution in [3.63, 3.8) is 0 Å². The fourth-order valence-corrected chi connectivity index (χ4v) is 3.45. The number of thiocarbonyl (C=S) groups is 1. The molecule has 0 saturated carbocycles. The third kappa shape index (κ3) is 4.81. The van der Waals surface area contributed by atoms with Crippen LogP contribution in [0.5, 0.6) is 11.5 Å². The normalized spacial score (nSPS) is 15.5. The molecule has 0 unspecified atom stereocenters. The molecule has 0 radical (unpaired) electrons. The van der Waals surface area contributed by atoms with E-state index in [9.17, 15) is 27.2 Å². The first-order valence-electron chi connectivity index (χ1n) is 9.74. The molecule has 5 nitrogen and oxygen atoms in total. The van der Waals surface area contributed by atoms with E-state index in [1.54, 1.807) is 36.4 Å². The first-order valence-corrected chi connectivity index (χ1v) is 10.2. The number of alkyl halides is 3. The van der Waals surface area contributed by atoms with E-state index in [0.29, 0.717) is 29.7 Å². The number of nitrogens with zero attached hydrogens (tertiary/aromatic N) is 1. The number of anilines is 1. The van der Waals surface area contributed by atoms with Gasteiger partial charge in [0.05, 0.1) is 11.3 Å². The van der Waals surface area contributed by atoms with E-state index < -0.39 is 40.5 Å². The molecule has 0 atom stereocenters. The highest BCUT2D eigenvalue weighted by Gasteiger charge is 2.35. The first-order chi connectivity index (χ1) is 16.1. The Morgan fingerprint density at radius 2 is 1.56 bits per heavy atom. The molecule has 1 aliphatic heterocycles. The fourth-order valence-electron chi connectivity index (χ4n) is 3.17. The van der Waals surface area contributed by atoms with Gasteiger partial charge in [-0.3, -0.25) is 19.8 Å². The molecular weight excluding hydrogens is 472 g/mol. The van der Waals surface area contributed by atoms with Gasteiger partial charge in [-0.15, -0.1) is 0 Å². The van der Waals surface area contributed by atoms with Crippen molar-refractivity contribution in [2.45, 2.75) is 6.18 Å². The zero-order valence-corrected chi connectivity index (χ0v) is 17.9. The second-order valence-electron chi connectivity index (χ2n) is 7.10. The highest BCUT2D eigenvalue weighted by molar-refractivity contribution is 7.80. The molecule has 34 heavy (non-hydrogen) atoms. The molecular formula is C24H14F4N2O3S. The van der Waals surface area contributed by atoms with Crippen LogP contribution in [-0.4, -0.2) is 16.9 Å². The predicted molar refractivity (Wildman–Crippen MR) is 121 cm³/mol. The minimum atomic E-state index is -4.73. The monoisotopic (exact) mass is 486 g/mol. The zero-order valence-electron chi connectivity index (χ0n) is 17.1. The number of para-hydroxylation sites is 1. The van der Waals surface area contributed by atoms with Gasteiger partial charge in [-0.2, -0.15) is 13.2 Å². The number of hydrogen-bond donors (Lipinski definition) is 1. The van der Waals surface area contributed by atoms with E-state index >= 15 is 0 Å². The quantitative estimate of drug-likeness (QED) is 0.230. The second kappa shape index (κ2) is 9.06. The smallest absolute Gasteiger partial charge is 0.416 e. The number of nitrogens with one attached hydrogen (secondary N) is 1. The molecule has 0 spiro atoms. The van der Waals surface area contributed by atoms with Crippen LogP contribution in [0.3, 0.4) is 0 Å². The fraction of sp³-hybridized carbons (Fsp3) is 0.0417. The van der Waals surface area contributed by atoms with E-state index in [1.807, 2.05) is 6.07 Å². The van der Waals surface area contributed by atoms with Gasteiger partial charge < -0.3 is 4.74 Å². The summed E-state index contributed by atoms with van der Waals surface area (Å²) in [6.07, 6.45) is -3.96. The lowest BCUT2D eigenvalue weighted by Crippen LogP contribution is -2.54. The third-order valence-electron chi connectivity index (χ3n) is 4.80. The predicted octanol–water partition coefficient (Wildman–Crippen LogP) is 5.47. The van der Waals surface area contributed by atoms with Gasteiger partial charge in [-0.05, 0) is 72.9 Å². The molecule has 10 heteroatoms. The van der Waals surface area contributed by atoms with Gasteiger partial charge in [-0.25, -0.2) is 4.39 Å². The van der Waals surface area contributed by atoms with Crippen molar-refractivity contribution in [3.05, 3.63) is 95.3 Å². The molecule has 1 saturated heterocycles. The molecule has 1 N–H and O–H groups in total. The van der Waals surface area contributed by atoms with E-state index in [4.69, 9.17) is 17.0 Å². The number of carbonyl (C=O) groups excluding carboxylic acids is 2. The van der Waals surface area contributed by atoms with Gasteiger partial charge >= 0.3 is 6.18 Å². The molecule has 0 aliphatic carbocycles. The molecule has 172 valence electrons. The molecule has 2 amide bonds. The maximum Gasteiger partial charge on any atom is 0.416 e. The average Bonchev–Trinajstić information content (AvgIpc) is 2.78. The Bertz CT molecular complexity index is 1310. The van der Waals surface area contributed by atoms with Crippen molar-refractivity contribution in [1.82, 2.24) is 5.32 Å². The van der Waals surface area contributed by atoms with Crippen molar-refractivity contribution < 1.29 is 31.9 Å². The Morgan fingerprint density at radius 1 is 0.912 bits per heavy atom. The average molecular weight is 486 g/mol. The molecule has 4 rings (SSSR count). The van der Waals surface area contributed by atoms with Gasteiger partial charge in [-0.1, -0.05) is 18.2 Å². The van der Waals surface area contributed by atoms with E-state index in [0.717, 1.165) is 11.0 Å². The van der Waals surface area contributed by atoms with Crippen molar-refractivity contribution in [3.8, 4) is 11.5 Å². The summed E-state index contributed by atoms with van der Waals surface area (Å²) in [4.78, 5) is 26.4. The van der Waals surface area contributed by atoms with Crippen LogP contribution >= 0.6 is 12.2 Å². The van der Waals surface area contributed by atoms with Gasteiger partial charge in [0.1, 0.15) is 22.9 Å². The lowest BCUT2D eigenvalue weighted by Gasteiger charge is -2.29. The van der Waals surface area contributed by atoms with Gasteiger partial charge in [0, 0.05) is 5.56 Å². The summed E-state index contributed by atoms with van der Waals surface area (Å²) in [6.45, 7) is 0. The van der Waals surface area contributed by atoms with Crippen LogP contribution in [0.1, 0.15) is 11.1 Å². The Hall–Kier alpha value is -4.05. The summed E-state index contributed by atoms with van der Waals surface area (Å²) in [5.41, 5.74) is -1.99. The number of amides is 2. The second-order valence-corrected chi connectivity index (χ2v) is 7.49. The van der Waals surface area contributed by atoms with Gasteiger partial charge in [0.25, 0.3) is 11.8 Å². The third-order valence-corrected chi connectivity index (χ3v) is 5.08. The van der Waals surface area contributed by atoms with Crippen LogP contribution in [0.2, 0.25) is 0 Å². The summed E-state index contributed by atoms with van der Waals surface area (Å²) in [6, 6.07) is 16.9. The summed E-state index contributed by atoms with van der Waals surface area (Å²) in [5, 5.41) is 2.07. The van der Waals surface area contributed by atoms with Crippen molar-refractivity contribution >= 4 is 40.9 Å². The molecule has 1 heterocycles. The molecule has 1 fully saturated rings. The number of ether oxygens (including phenoxy) is 1.